The van der Waals surface area contributed by atoms with Crippen LogP contribution in [-0.2, 0) is 16.0 Å². The zero-order chi connectivity index (χ0) is 28.1. The average Bonchev–Trinajstić information content (AvgIpc) is 3.20. The van der Waals surface area contributed by atoms with Crippen LogP contribution in [-0.4, -0.2) is 49.1 Å². The summed E-state index contributed by atoms with van der Waals surface area (Å²) >= 11 is 0. The molecule has 1 heterocycles. The van der Waals surface area contributed by atoms with E-state index < -0.39 is 17.7 Å². The molecule has 39 heavy (non-hydrogen) atoms. The average molecular weight is 534 g/mol. The lowest BCUT2D eigenvalue weighted by molar-refractivity contribution is -0.139. The first-order valence-corrected chi connectivity index (χ1v) is 12.7. The highest BCUT2D eigenvalue weighted by Crippen LogP contribution is 2.42. The largest absolute Gasteiger partial charge is 0.507 e. The molecule has 3 aromatic carbocycles. The fourth-order valence-electron chi connectivity index (χ4n) is 4.53. The minimum atomic E-state index is -0.884. The molecule has 0 radical (unpaired) electrons. The van der Waals surface area contributed by atoms with Gasteiger partial charge in [0.15, 0.2) is 11.5 Å². The Morgan fingerprint density at radius 3 is 2.36 bits per heavy atom. The first kappa shape index (κ1) is 27.7. The minimum absolute atomic E-state index is 0.0349. The molecule has 1 aliphatic heterocycles. The summed E-state index contributed by atoms with van der Waals surface area (Å²) in [5, 5.41) is 11.4. The van der Waals surface area contributed by atoms with E-state index in [1.165, 1.54) is 31.3 Å². The Morgan fingerprint density at radius 2 is 1.69 bits per heavy atom. The van der Waals surface area contributed by atoms with Crippen molar-refractivity contribution in [3.8, 4) is 17.2 Å². The van der Waals surface area contributed by atoms with Crippen molar-refractivity contribution in [3.05, 3.63) is 94.8 Å². The van der Waals surface area contributed by atoms with Gasteiger partial charge in [0, 0.05) is 12.1 Å². The topological polar surface area (TPSA) is 85.3 Å². The Bertz CT molecular complexity index is 1380. The molecule has 0 saturated carbocycles. The monoisotopic (exact) mass is 533 g/mol. The van der Waals surface area contributed by atoms with Crippen LogP contribution >= 0.6 is 0 Å². The Kier molecular flexibility index (Phi) is 8.54. The molecule has 0 aromatic heterocycles. The molecule has 1 fully saturated rings. The standard InChI is InChI=1S/C31H32FNO6/c1-19(2)18-39-24-7-5-6-22(16-24)29(34)27-28(21-10-13-25(37-3)26(17-21)38-4)33(31(36)30(27)35)15-14-20-8-11-23(32)12-9-20/h5-13,16-17,19,28,34H,14-15,18H2,1-4H3/b29-27-. The van der Waals surface area contributed by atoms with Crippen molar-refractivity contribution < 1.29 is 33.3 Å². The van der Waals surface area contributed by atoms with Crippen molar-refractivity contribution in [2.24, 2.45) is 5.92 Å². The van der Waals surface area contributed by atoms with Crippen LogP contribution in [0, 0.1) is 11.7 Å². The molecule has 1 atom stereocenters. The van der Waals surface area contributed by atoms with Crippen molar-refractivity contribution >= 4 is 17.4 Å². The van der Waals surface area contributed by atoms with E-state index >= 15 is 0 Å². The third-order valence-electron chi connectivity index (χ3n) is 6.51. The van der Waals surface area contributed by atoms with E-state index in [0.29, 0.717) is 47.3 Å². The van der Waals surface area contributed by atoms with Crippen LogP contribution in [0.5, 0.6) is 17.2 Å². The Morgan fingerprint density at radius 1 is 0.974 bits per heavy atom. The number of hydrogen-bond donors (Lipinski definition) is 1. The number of nitrogens with zero attached hydrogens (tertiary/aromatic N) is 1. The lowest BCUT2D eigenvalue weighted by atomic mass is 9.94. The lowest BCUT2D eigenvalue weighted by Gasteiger charge is -2.26. The van der Waals surface area contributed by atoms with Crippen molar-refractivity contribution in [1.82, 2.24) is 4.90 Å². The van der Waals surface area contributed by atoms with Crippen LogP contribution < -0.4 is 14.2 Å². The summed E-state index contributed by atoms with van der Waals surface area (Å²) < 4.78 is 30.0. The Balaban J connectivity index is 1.79. The number of hydrogen-bond acceptors (Lipinski definition) is 6. The summed E-state index contributed by atoms with van der Waals surface area (Å²) in [6.45, 7) is 4.72. The van der Waals surface area contributed by atoms with Crippen molar-refractivity contribution in [1.29, 1.82) is 0 Å². The molecular weight excluding hydrogens is 501 g/mol. The molecule has 1 aliphatic rings. The van der Waals surface area contributed by atoms with Crippen molar-refractivity contribution in [2.75, 3.05) is 27.4 Å². The molecule has 1 amide bonds. The predicted octanol–water partition coefficient (Wildman–Crippen LogP) is 5.54. The number of ketones is 1. The van der Waals surface area contributed by atoms with E-state index in [1.54, 1.807) is 54.6 Å². The number of benzene rings is 3. The Hall–Kier alpha value is -4.33. The maximum absolute atomic E-state index is 13.4. The number of methoxy groups -OCH3 is 2. The normalized spacial score (nSPS) is 16.6. The Labute approximate surface area is 227 Å². The number of aliphatic hydroxyl groups excluding tert-OH is 1. The number of Topliss-reactive ketones (excluding diaryl/α,β-unsaturated/α-hetero) is 1. The van der Waals surface area contributed by atoms with Crippen molar-refractivity contribution in [3.63, 3.8) is 0 Å². The lowest BCUT2D eigenvalue weighted by Crippen LogP contribution is -2.31. The van der Waals surface area contributed by atoms with E-state index in [2.05, 4.69) is 0 Å². The van der Waals surface area contributed by atoms with E-state index in [-0.39, 0.29) is 23.7 Å². The summed E-state index contributed by atoms with van der Waals surface area (Å²) in [5.41, 5.74) is 1.70. The van der Waals surface area contributed by atoms with Crippen LogP contribution in [0.4, 0.5) is 4.39 Å². The number of ether oxygens (including phenoxy) is 3. The zero-order valence-corrected chi connectivity index (χ0v) is 22.4. The molecule has 4 rings (SSSR count). The van der Waals surface area contributed by atoms with E-state index in [9.17, 15) is 19.1 Å². The van der Waals surface area contributed by atoms with Gasteiger partial charge in [-0.25, -0.2) is 4.39 Å². The highest BCUT2D eigenvalue weighted by molar-refractivity contribution is 6.46. The van der Waals surface area contributed by atoms with Gasteiger partial charge < -0.3 is 24.2 Å². The van der Waals surface area contributed by atoms with Gasteiger partial charge in [0.2, 0.25) is 0 Å². The van der Waals surface area contributed by atoms with E-state index in [1.807, 2.05) is 13.8 Å². The number of carbonyl (C=O) groups excluding carboxylic acids is 2. The highest BCUT2D eigenvalue weighted by Gasteiger charge is 2.46. The summed E-state index contributed by atoms with van der Waals surface area (Å²) in [6, 6.07) is 17.0. The molecule has 3 aromatic rings. The van der Waals surface area contributed by atoms with Gasteiger partial charge in [-0.15, -0.1) is 0 Å². The number of rotatable bonds is 10. The van der Waals surface area contributed by atoms with E-state index in [4.69, 9.17) is 14.2 Å². The molecule has 0 spiro atoms. The van der Waals surface area contributed by atoms with Crippen molar-refractivity contribution in [2.45, 2.75) is 26.3 Å². The molecule has 1 N–H and O–H groups in total. The van der Waals surface area contributed by atoms with Crippen LogP contribution in [0.15, 0.2) is 72.3 Å². The fraction of sp³-hybridized carbons (Fsp3) is 0.290. The maximum Gasteiger partial charge on any atom is 0.295 e. The van der Waals surface area contributed by atoms with Crippen LogP contribution in [0.3, 0.4) is 0 Å². The molecular formula is C31H32FNO6. The summed E-state index contributed by atoms with van der Waals surface area (Å²) in [6.07, 6.45) is 0.385. The van der Waals surface area contributed by atoms with Gasteiger partial charge in [-0.1, -0.05) is 44.2 Å². The van der Waals surface area contributed by atoms with Gasteiger partial charge >= 0.3 is 0 Å². The fourth-order valence-corrected chi connectivity index (χ4v) is 4.53. The molecule has 0 bridgehead atoms. The number of carbonyl (C=O) groups is 2. The predicted molar refractivity (Wildman–Crippen MR) is 145 cm³/mol. The molecule has 0 aliphatic carbocycles. The zero-order valence-electron chi connectivity index (χ0n) is 22.4. The molecule has 7 nitrogen and oxygen atoms in total. The summed E-state index contributed by atoms with van der Waals surface area (Å²) in [5.74, 6) is -0.426. The SMILES string of the molecule is COc1ccc(C2/C(=C(/O)c3cccc(OCC(C)C)c3)C(=O)C(=O)N2CCc2ccc(F)cc2)cc1OC. The first-order valence-electron chi connectivity index (χ1n) is 12.7. The van der Waals surface area contributed by atoms with Gasteiger partial charge in [0.05, 0.1) is 32.4 Å². The second kappa shape index (κ2) is 12.0. The maximum atomic E-state index is 13.4. The molecule has 1 saturated heterocycles. The van der Waals surface area contributed by atoms with E-state index in [0.717, 1.165) is 5.56 Å². The highest BCUT2D eigenvalue weighted by atomic mass is 19.1. The third-order valence-corrected chi connectivity index (χ3v) is 6.51. The van der Waals surface area contributed by atoms with Gasteiger partial charge in [-0.2, -0.15) is 0 Å². The van der Waals surface area contributed by atoms with Gasteiger partial charge in [-0.3, -0.25) is 9.59 Å². The number of aliphatic hydroxyl groups is 1. The molecule has 1 unspecified atom stereocenters. The number of amides is 1. The van der Waals surface area contributed by atoms with Crippen LogP contribution in [0.1, 0.15) is 36.6 Å². The number of likely N-dealkylation sites (tertiary alicyclic amines) is 1. The molecule has 204 valence electrons. The van der Waals surface area contributed by atoms with Gasteiger partial charge in [0.25, 0.3) is 11.7 Å². The second-order valence-electron chi connectivity index (χ2n) is 9.72. The first-order chi connectivity index (χ1) is 18.7. The summed E-state index contributed by atoms with van der Waals surface area (Å²) in [7, 11) is 3.01. The van der Waals surface area contributed by atoms with Crippen LogP contribution in [0.25, 0.3) is 5.76 Å². The minimum Gasteiger partial charge on any atom is -0.507 e. The van der Waals surface area contributed by atoms with Gasteiger partial charge in [0.1, 0.15) is 17.3 Å². The quantitative estimate of drug-likeness (QED) is 0.209. The second-order valence-corrected chi connectivity index (χ2v) is 9.72. The summed E-state index contributed by atoms with van der Waals surface area (Å²) in [4.78, 5) is 28.2. The van der Waals surface area contributed by atoms with Crippen LogP contribution in [0.2, 0.25) is 0 Å². The molecule has 8 heteroatoms. The number of halogens is 1. The third kappa shape index (κ3) is 6.06. The smallest absolute Gasteiger partial charge is 0.295 e. The van der Waals surface area contributed by atoms with Gasteiger partial charge in [-0.05, 0) is 59.9 Å².